The number of hydrogen-bond acceptors (Lipinski definition) is 10. The van der Waals surface area contributed by atoms with Crippen LogP contribution in [0.5, 0.6) is 0 Å². The molecule has 4 aliphatic heterocycles. The van der Waals surface area contributed by atoms with Gasteiger partial charge in [-0.15, -0.1) is 0 Å². The van der Waals surface area contributed by atoms with Crippen LogP contribution in [0.3, 0.4) is 0 Å². The van der Waals surface area contributed by atoms with E-state index < -0.39 is 67.2 Å². The molecule has 12 heteroatoms. The molecule has 4 fully saturated rings. The highest BCUT2D eigenvalue weighted by Gasteiger charge is 2.61. The van der Waals surface area contributed by atoms with Crippen LogP contribution in [0.2, 0.25) is 0 Å². The number of urea groups is 1. The second kappa shape index (κ2) is 5.82. The highest BCUT2D eigenvalue weighted by molar-refractivity contribution is 6.00. The highest BCUT2D eigenvalue weighted by Crippen LogP contribution is 2.41. The van der Waals surface area contributed by atoms with Crippen LogP contribution in [0.1, 0.15) is 13.8 Å². The molecule has 0 bridgehead atoms. The smallest absolute Gasteiger partial charge is 0.322 e. The van der Waals surface area contributed by atoms with Crippen LogP contribution in [-0.2, 0) is 19.0 Å². The lowest BCUT2D eigenvalue weighted by Gasteiger charge is -2.37. The zero-order valence-corrected chi connectivity index (χ0v) is 13.6. The molecular weight excluding hydrogens is 338 g/mol. The SMILES string of the molecule is CC1(C)O[C@H]2O[C@H](C(O)CO)[C@H](N3NNC4C(=O)NC(=O)NC43)[C@H]2O1. The summed E-state index contributed by atoms with van der Waals surface area (Å²) in [5, 5.41) is 25.9. The third-order valence-corrected chi connectivity index (χ3v) is 4.70. The first-order valence-electron chi connectivity index (χ1n) is 8.01. The van der Waals surface area contributed by atoms with Crippen LogP contribution < -0.4 is 21.6 Å². The van der Waals surface area contributed by atoms with Crippen molar-refractivity contribution in [2.75, 3.05) is 6.61 Å². The maximum absolute atomic E-state index is 12.0. The molecule has 0 saturated carbocycles. The average Bonchev–Trinajstić information content (AvgIpc) is 3.16. The molecule has 0 spiro atoms. The van der Waals surface area contributed by atoms with Crippen molar-refractivity contribution in [2.24, 2.45) is 0 Å². The molecule has 4 heterocycles. The molecule has 3 unspecified atom stereocenters. The predicted octanol–water partition coefficient (Wildman–Crippen LogP) is -3.56. The standard InChI is InChI=1S/C13H21N5O7/c1-13(2)24-8-6(7(4(20)3-19)23-11(8)25-13)18-9-5(16-17-18)10(21)15-12(22)14-9/h4-9,11,16-17,19-20H,3H2,1-2H3,(H2,14,15,21,22)/t4?,5?,6-,7+,8+,9?,11+/m0/s1. The molecule has 25 heavy (non-hydrogen) atoms. The maximum atomic E-state index is 12.0. The number of rotatable bonds is 3. The largest absolute Gasteiger partial charge is 0.394 e. The number of imide groups is 1. The summed E-state index contributed by atoms with van der Waals surface area (Å²) >= 11 is 0. The van der Waals surface area contributed by atoms with E-state index in [0.29, 0.717) is 0 Å². The number of hydrazine groups is 2. The van der Waals surface area contributed by atoms with E-state index in [2.05, 4.69) is 21.6 Å². The molecule has 7 atom stereocenters. The maximum Gasteiger partial charge on any atom is 0.322 e. The van der Waals surface area contributed by atoms with Gasteiger partial charge >= 0.3 is 6.03 Å². The first kappa shape index (κ1) is 17.1. The van der Waals surface area contributed by atoms with Gasteiger partial charge in [0.05, 0.1) is 12.6 Å². The van der Waals surface area contributed by atoms with Crippen molar-refractivity contribution in [1.29, 1.82) is 0 Å². The van der Waals surface area contributed by atoms with E-state index in [1.165, 1.54) is 0 Å². The van der Waals surface area contributed by atoms with E-state index in [-0.39, 0.29) is 0 Å². The molecule has 4 saturated heterocycles. The van der Waals surface area contributed by atoms with E-state index in [9.17, 15) is 19.8 Å². The van der Waals surface area contributed by atoms with E-state index in [4.69, 9.17) is 14.2 Å². The van der Waals surface area contributed by atoms with Gasteiger partial charge in [0.15, 0.2) is 12.1 Å². The van der Waals surface area contributed by atoms with Crippen molar-refractivity contribution in [2.45, 2.75) is 62.5 Å². The quantitative estimate of drug-likeness (QED) is 0.298. The molecule has 12 nitrogen and oxygen atoms in total. The summed E-state index contributed by atoms with van der Waals surface area (Å²) in [4.78, 5) is 23.6. The number of nitrogens with one attached hydrogen (secondary N) is 4. The molecule has 0 aromatic heterocycles. The minimum atomic E-state index is -1.19. The first-order chi connectivity index (χ1) is 11.8. The van der Waals surface area contributed by atoms with Crippen LogP contribution in [0.15, 0.2) is 0 Å². The van der Waals surface area contributed by atoms with Gasteiger partial charge in [-0.1, -0.05) is 0 Å². The van der Waals surface area contributed by atoms with Gasteiger partial charge in [0, 0.05) is 0 Å². The third kappa shape index (κ3) is 2.71. The Hall–Kier alpha value is -1.38. The molecule has 0 radical (unpaired) electrons. The fraction of sp³-hybridized carbons (Fsp3) is 0.846. The minimum Gasteiger partial charge on any atom is -0.394 e. The molecule has 3 amide bonds. The lowest BCUT2D eigenvalue weighted by Crippen LogP contribution is -2.68. The van der Waals surface area contributed by atoms with Crippen LogP contribution in [0.4, 0.5) is 4.79 Å². The lowest BCUT2D eigenvalue weighted by molar-refractivity contribution is -0.225. The molecule has 6 N–H and O–H groups in total. The van der Waals surface area contributed by atoms with Crippen LogP contribution in [-0.4, -0.2) is 82.4 Å². The van der Waals surface area contributed by atoms with Crippen molar-refractivity contribution < 1.29 is 34.0 Å². The molecule has 140 valence electrons. The van der Waals surface area contributed by atoms with Gasteiger partial charge < -0.3 is 29.7 Å². The Labute approximate surface area is 142 Å². The zero-order chi connectivity index (χ0) is 17.9. The Morgan fingerprint density at radius 2 is 2.08 bits per heavy atom. The van der Waals surface area contributed by atoms with Gasteiger partial charge in [-0.3, -0.25) is 10.1 Å². The van der Waals surface area contributed by atoms with E-state index in [0.717, 1.165) is 0 Å². The van der Waals surface area contributed by atoms with Crippen LogP contribution in [0, 0.1) is 0 Å². The second-order valence-electron chi connectivity index (χ2n) is 6.86. The lowest BCUT2D eigenvalue weighted by atomic mass is 10.0. The van der Waals surface area contributed by atoms with Gasteiger partial charge in [0.1, 0.15) is 30.5 Å². The Morgan fingerprint density at radius 3 is 2.80 bits per heavy atom. The fourth-order valence-corrected chi connectivity index (χ4v) is 3.69. The topological polar surface area (TPSA) is 154 Å². The van der Waals surface area contributed by atoms with Crippen molar-refractivity contribution in [3.05, 3.63) is 0 Å². The Kier molecular flexibility index (Phi) is 3.97. The van der Waals surface area contributed by atoms with Crippen LogP contribution in [0.25, 0.3) is 0 Å². The van der Waals surface area contributed by atoms with E-state index in [1.807, 2.05) is 0 Å². The van der Waals surface area contributed by atoms with Crippen molar-refractivity contribution in [1.82, 2.24) is 26.6 Å². The normalized spacial score (nSPS) is 44.2. The second-order valence-corrected chi connectivity index (χ2v) is 6.86. The third-order valence-electron chi connectivity index (χ3n) is 4.70. The molecule has 4 aliphatic rings. The number of nitrogens with zero attached hydrogens (tertiary/aromatic N) is 1. The minimum absolute atomic E-state index is 0.484. The zero-order valence-electron chi connectivity index (χ0n) is 13.6. The predicted molar refractivity (Wildman–Crippen MR) is 77.9 cm³/mol. The number of hydrogen-bond donors (Lipinski definition) is 6. The van der Waals surface area contributed by atoms with Crippen LogP contribution >= 0.6 is 0 Å². The van der Waals surface area contributed by atoms with Gasteiger partial charge in [0.2, 0.25) is 5.91 Å². The molecule has 0 aromatic rings. The molecule has 4 rings (SSSR count). The summed E-state index contributed by atoms with van der Waals surface area (Å²) < 4.78 is 17.3. The van der Waals surface area contributed by atoms with Crippen molar-refractivity contribution in [3.8, 4) is 0 Å². The monoisotopic (exact) mass is 359 g/mol. The summed E-state index contributed by atoms with van der Waals surface area (Å²) in [6.45, 7) is 2.95. The van der Waals surface area contributed by atoms with Gasteiger partial charge in [-0.25, -0.2) is 10.2 Å². The Balaban J connectivity index is 1.63. The molecular formula is C13H21N5O7. The fourth-order valence-electron chi connectivity index (χ4n) is 3.69. The number of aliphatic hydroxyl groups excluding tert-OH is 2. The number of ether oxygens (including phenoxy) is 3. The number of carbonyl (C=O) groups is 2. The number of carbonyl (C=O) groups excluding carboxylic acids is 2. The highest BCUT2D eigenvalue weighted by atomic mass is 16.8. The van der Waals surface area contributed by atoms with Gasteiger partial charge in [-0.05, 0) is 13.8 Å². The van der Waals surface area contributed by atoms with Crippen molar-refractivity contribution >= 4 is 11.9 Å². The first-order valence-corrected chi connectivity index (χ1v) is 8.01. The Morgan fingerprint density at radius 1 is 1.32 bits per heavy atom. The summed E-state index contributed by atoms with van der Waals surface area (Å²) in [5.74, 6) is -1.37. The number of fused-ring (bicyclic) bond motifs is 2. The van der Waals surface area contributed by atoms with Gasteiger partial charge in [-0.2, -0.15) is 10.5 Å². The molecule has 0 aromatic carbocycles. The average molecular weight is 359 g/mol. The summed E-state index contributed by atoms with van der Waals surface area (Å²) in [7, 11) is 0. The summed E-state index contributed by atoms with van der Waals surface area (Å²) in [6, 6.07) is -2.00. The number of amides is 3. The van der Waals surface area contributed by atoms with E-state index >= 15 is 0 Å². The number of aliphatic hydroxyl groups is 2. The summed E-state index contributed by atoms with van der Waals surface area (Å²) in [5.41, 5.74) is 5.63. The molecule has 0 aliphatic carbocycles. The van der Waals surface area contributed by atoms with Gasteiger partial charge in [0.25, 0.3) is 0 Å². The Bertz CT molecular complexity index is 589. The van der Waals surface area contributed by atoms with E-state index in [1.54, 1.807) is 18.9 Å². The van der Waals surface area contributed by atoms with Crippen molar-refractivity contribution in [3.63, 3.8) is 0 Å². The summed E-state index contributed by atoms with van der Waals surface area (Å²) in [6.07, 6.45) is -4.13.